The summed E-state index contributed by atoms with van der Waals surface area (Å²) < 4.78 is 4.88. The number of ether oxygens (including phenoxy) is 1. The van der Waals surface area contributed by atoms with Crippen LogP contribution in [0.4, 0.5) is 0 Å². The lowest BCUT2D eigenvalue weighted by Crippen LogP contribution is -2.28. The molecule has 0 aliphatic heterocycles. The van der Waals surface area contributed by atoms with Gasteiger partial charge in [0.05, 0.1) is 5.56 Å². The van der Waals surface area contributed by atoms with Crippen molar-refractivity contribution in [3.05, 3.63) is 63.9 Å². The van der Waals surface area contributed by atoms with E-state index in [1.807, 2.05) is 6.07 Å². The van der Waals surface area contributed by atoms with E-state index in [0.29, 0.717) is 5.02 Å². The van der Waals surface area contributed by atoms with Crippen molar-refractivity contribution < 1.29 is 14.3 Å². The summed E-state index contributed by atoms with van der Waals surface area (Å²) in [6.45, 7) is -0.155. The number of halogens is 2. The van der Waals surface area contributed by atoms with Crippen molar-refractivity contribution >= 4 is 35.1 Å². The van der Waals surface area contributed by atoms with Crippen molar-refractivity contribution in [3.63, 3.8) is 0 Å². The predicted molar refractivity (Wildman–Crippen MR) is 82.8 cm³/mol. The fourth-order valence-corrected chi connectivity index (χ4v) is 2.03. The number of hydrogen-bond donors (Lipinski definition) is 1. The van der Waals surface area contributed by atoms with E-state index in [4.69, 9.17) is 27.9 Å². The fourth-order valence-electron chi connectivity index (χ4n) is 1.63. The fraction of sp³-hybridized carbons (Fsp3) is 0.133. The first-order chi connectivity index (χ1) is 10.6. The van der Waals surface area contributed by atoms with E-state index in [9.17, 15) is 9.59 Å². The summed E-state index contributed by atoms with van der Waals surface area (Å²) in [5.41, 5.74) is 0.891. The molecule has 2 rings (SSSR count). The number of hydrogen-bond acceptors (Lipinski definition) is 4. The molecule has 1 aromatic carbocycles. The zero-order chi connectivity index (χ0) is 15.9. The van der Waals surface area contributed by atoms with Gasteiger partial charge in [-0.3, -0.25) is 4.79 Å². The Labute approximate surface area is 137 Å². The van der Waals surface area contributed by atoms with Gasteiger partial charge in [-0.2, -0.15) is 0 Å². The minimum Gasteiger partial charge on any atom is -0.452 e. The molecule has 0 spiro atoms. The lowest BCUT2D eigenvalue weighted by molar-refractivity contribution is -0.124. The predicted octanol–water partition coefficient (Wildman–Crippen LogP) is 2.86. The Bertz CT molecular complexity index is 692. The van der Waals surface area contributed by atoms with E-state index in [1.54, 1.807) is 24.3 Å². The van der Waals surface area contributed by atoms with Crippen LogP contribution in [-0.2, 0) is 16.1 Å². The second-order valence-corrected chi connectivity index (χ2v) is 5.05. The zero-order valence-electron chi connectivity index (χ0n) is 11.4. The van der Waals surface area contributed by atoms with Gasteiger partial charge in [-0.1, -0.05) is 41.4 Å². The van der Waals surface area contributed by atoms with Crippen LogP contribution in [0.15, 0.2) is 42.6 Å². The van der Waals surface area contributed by atoms with E-state index < -0.39 is 18.5 Å². The Kier molecular flexibility index (Phi) is 5.75. The minimum absolute atomic E-state index is 0.0315. The molecule has 0 bridgehead atoms. The van der Waals surface area contributed by atoms with Gasteiger partial charge in [0, 0.05) is 17.8 Å². The van der Waals surface area contributed by atoms with Crippen LogP contribution in [0.3, 0.4) is 0 Å². The molecule has 0 radical (unpaired) electrons. The highest BCUT2D eigenvalue weighted by Gasteiger charge is 2.14. The van der Waals surface area contributed by atoms with Gasteiger partial charge in [-0.15, -0.1) is 0 Å². The Morgan fingerprint density at radius 1 is 1.14 bits per heavy atom. The Hall–Kier alpha value is -2.11. The highest BCUT2D eigenvalue weighted by molar-refractivity contribution is 6.32. The van der Waals surface area contributed by atoms with Crippen molar-refractivity contribution in [2.75, 3.05) is 6.61 Å². The molecule has 0 atom stereocenters. The Morgan fingerprint density at radius 2 is 1.91 bits per heavy atom. The Balaban J connectivity index is 1.82. The number of nitrogens with zero attached hydrogens (tertiary/aromatic N) is 1. The van der Waals surface area contributed by atoms with E-state index >= 15 is 0 Å². The SMILES string of the molecule is O=C(COC(=O)c1cccnc1Cl)NCc1ccccc1Cl. The second-order valence-electron chi connectivity index (χ2n) is 4.29. The number of nitrogens with one attached hydrogen (secondary N) is 1. The van der Waals surface area contributed by atoms with Crippen molar-refractivity contribution in [2.45, 2.75) is 6.54 Å². The van der Waals surface area contributed by atoms with Crippen molar-refractivity contribution in [2.24, 2.45) is 0 Å². The van der Waals surface area contributed by atoms with Gasteiger partial charge < -0.3 is 10.1 Å². The van der Waals surface area contributed by atoms with Gasteiger partial charge >= 0.3 is 5.97 Å². The molecule has 1 N–H and O–H groups in total. The molecular weight excluding hydrogens is 327 g/mol. The average molecular weight is 339 g/mol. The van der Waals surface area contributed by atoms with Crippen molar-refractivity contribution in [1.29, 1.82) is 0 Å². The number of carbonyl (C=O) groups is 2. The number of benzene rings is 1. The number of pyridine rings is 1. The summed E-state index contributed by atoms with van der Waals surface area (Å²) in [4.78, 5) is 27.2. The van der Waals surface area contributed by atoms with Gasteiger partial charge in [0.1, 0.15) is 5.15 Å². The van der Waals surface area contributed by atoms with Crippen LogP contribution in [0, 0.1) is 0 Å². The van der Waals surface area contributed by atoms with Crippen LogP contribution < -0.4 is 5.32 Å². The maximum Gasteiger partial charge on any atom is 0.341 e. The van der Waals surface area contributed by atoms with Crippen LogP contribution in [0.5, 0.6) is 0 Å². The molecule has 0 fully saturated rings. The van der Waals surface area contributed by atoms with Crippen LogP contribution >= 0.6 is 23.2 Å². The number of aromatic nitrogens is 1. The molecule has 0 saturated heterocycles. The van der Waals surface area contributed by atoms with Gasteiger partial charge in [0.25, 0.3) is 5.91 Å². The lowest BCUT2D eigenvalue weighted by atomic mass is 10.2. The molecule has 7 heteroatoms. The third-order valence-corrected chi connectivity index (χ3v) is 3.42. The smallest absolute Gasteiger partial charge is 0.341 e. The van der Waals surface area contributed by atoms with E-state index in [1.165, 1.54) is 12.3 Å². The lowest BCUT2D eigenvalue weighted by Gasteiger charge is -2.08. The first-order valence-corrected chi connectivity index (χ1v) is 7.11. The third kappa shape index (κ3) is 4.44. The standard InChI is InChI=1S/C15H12Cl2N2O3/c16-12-6-2-1-4-10(12)8-19-13(20)9-22-15(21)11-5-3-7-18-14(11)17/h1-7H,8-9H2,(H,19,20). The summed E-state index contributed by atoms with van der Waals surface area (Å²) >= 11 is 11.7. The summed E-state index contributed by atoms with van der Waals surface area (Å²) in [6.07, 6.45) is 1.45. The number of carbonyl (C=O) groups excluding carboxylic acids is 2. The highest BCUT2D eigenvalue weighted by atomic mass is 35.5. The second kappa shape index (κ2) is 7.77. The first-order valence-electron chi connectivity index (χ1n) is 6.35. The molecule has 1 aromatic heterocycles. The van der Waals surface area contributed by atoms with Crippen molar-refractivity contribution in [1.82, 2.24) is 10.3 Å². The molecule has 0 unspecified atom stereocenters. The number of rotatable bonds is 5. The molecular formula is C15H12Cl2N2O3. The molecule has 1 heterocycles. The zero-order valence-corrected chi connectivity index (χ0v) is 12.9. The first kappa shape index (κ1) is 16.3. The summed E-state index contributed by atoms with van der Waals surface area (Å²) in [5, 5.41) is 3.20. The molecule has 22 heavy (non-hydrogen) atoms. The van der Waals surface area contributed by atoms with Crippen LogP contribution in [0.25, 0.3) is 0 Å². The molecule has 0 aliphatic carbocycles. The topological polar surface area (TPSA) is 68.3 Å². The monoisotopic (exact) mass is 338 g/mol. The van der Waals surface area contributed by atoms with Crippen LogP contribution in [0.2, 0.25) is 10.2 Å². The molecule has 2 aromatic rings. The summed E-state index contributed by atoms with van der Waals surface area (Å²) in [5.74, 6) is -1.14. The quantitative estimate of drug-likeness (QED) is 0.672. The van der Waals surface area contributed by atoms with Crippen LogP contribution in [-0.4, -0.2) is 23.5 Å². The van der Waals surface area contributed by atoms with E-state index in [0.717, 1.165) is 5.56 Å². The summed E-state index contributed by atoms with van der Waals surface area (Å²) in [7, 11) is 0. The van der Waals surface area contributed by atoms with E-state index in [-0.39, 0.29) is 17.3 Å². The maximum atomic E-state index is 11.8. The average Bonchev–Trinajstić information content (AvgIpc) is 2.52. The normalized spacial score (nSPS) is 10.1. The van der Waals surface area contributed by atoms with E-state index in [2.05, 4.69) is 10.3 Å². The maximum absolute atomic E-state index is 11.8. The number of esters is 1. The van der Waals surface area contributed by atoms with Gasteiger partial charge in [0.15, 0.2) is 6.61 Å². The minimum atomic E-state index is -0.703. The molecule has 114 valence electrons. The number of amides is 1. The Morgan fingerprint density at radius 3 is 2.64 bits per heavy atom. The third-order valence-electron chi connectivity index (χ3n) is 2.75. The van der Waals surface area contributed by atoms with Crippen molar-refractivity contribution in [3.8, 4) is 0 Å². The van der Waals surface area contributed by atoms with Gasteiger partial charge in [-0.25, -0.2) is 9.78 Å². The largest absolute Gasteiger partial charge is 0.452 e. The molecule has 1 amide bonds. The van der Waals surface area contributed by atoms with Gasteiger partial charge in [-0.05, 0) is 23.8 Å². The molecule has 5 nitrogen and oxygen atoms in total. The molecule has 0 saturated carbocycles. The highest BCUT2D eigenvalue weighted by Crippen LogP contribution is 2.14. The van der Waals surface area contributed by atoms with Gasteiger partial charge in [0.2, 0.25) is 0 Å². The summed E-state index contributed by atoms with van der Waals surface area (Å²) in [6, 6.07) is 10.2. The molecule has 0 aliphatic rings. The van der Waals surface area contributed by atoms with Crippen LogP contribution in [0.1, 0.15) is 15.9 Å².